The number of H-pyrrole nitrogens is 1. The molecule has 0 radical (unpaired) electrons. The van der Waals surface area contributed by atoms with Gasteiger partial charge in [0, 0.05) is 5.41 Å². The van der Waals surface area contributed by atoms with Crippen LogP contribution in [-0.2, 0) is 10.2 Å². The second-order valence-electron chi connectivity index (χ2n) is 4.79. The Morgan fingerprint density at radius 1 is 1.41 bits per heavy atom. The molecule has 1 unspecified atom stereocenters. The smallest absolute Gasteiger partial charge is 0.325 e. The standard InChI is InChI=1S/C10H16N4O3/c1-5(8(16)17)11-7(15)6-12-9(14-13-6)10(2,3)4/h5H,1-4H3,(H,11,15)(H,16,17)(H,12,13,14). The molecule has 1 aromatic heterocycles. The Hall–Kier alpha value is -1.92. The lowest BCUT2D eigenvalue weighted by molar-refractivity contribution is -0.138. The summed E-state index contributed by atoms with van der Waals surface area (Å²) in [6.07, 6.45) is 0. The van der Waals surface area contributed by atoms with Gasteiger partial charge in [0.15, 0.2) is 0 Å². The van der Waals surface area contributed by atoms with Crippen LogP contribution in [0.5, 0.6) is 0 Å². The summed E-state index contributed by atoms with van der Waals surface area (Å²) in [6, 6.07) is -0.973. The number of aromatic amines is 1. The van der Waals surface area contributed by atoms with Gasteiger partial charge in [-0.15, -0.1) is 5.10 Å². The van der Waals surface area contributed by atoms with Gasteiger partial charge in [0.05, 0.1) is 0 Å². The van der Waals surface area contributed by atoms with Crippen molar-refractivity contribution in [3.05, 3.63) is 11.6 Å². The molecule has 94 valence electrons. The SMILES string of the molecule is CC(NC(=O)c1n[nH]c(C(C)(C)C)n1)C(=O)O. The zero-order valence-corrected chi connectivity index (χ0v) is 10.2. The minimum atomic E-state index is -1.11. The third-order valence-electron chi connectivity index (χ3n) is 2.12. The number of nitrogens with zero attached hydrogens (tertiary/aromatic N) is 2. The second kappa shape index (κ2) is 4.52. The van der Waals surface area contributed by atoms with Crippen molar-refractivity contribution < 1.29 is 14.7 Å². The van der Waals surface area contributed by atoms with Crippen molar-refractivity contribution in [1.82, 2.24) is 20.5 Å². The molecule has 3 N–H and O–H groups in total. The van der Waals surface area contributed by atoms with Crippen LogP contribution in [0.4, 0.5) is 0 Å². The molecule has 0 saturated heterocycles. The summed E-state index contributed by atoms with van der Waals surface area (Å²) >= 11 is 0. The van der Waals surface area contributed by atoms with Gasteiger partial charge in [0.2, 0.25) is 5.82 Å². The quantitative estimate of drug-likeness (QED) is 0.704. The zero-order chi connectivity index (χ0) is 13.2. The zero-order valence-electron chi connectivity index (χ0n) is 10.2. The van der Waals surface area contributed by atoms with Crippen LogP contribution in [0.15, 0.2) is 0 Å². The maximum absolute atomic E-state index is 11.6. The molecule has 0 aliphatic heterocycles. The summed E-state index contributed by atoms with van der Waals surface area (Å²) in [5, 5.41) is 17.3. The van der Waals surface area contributed by atoms with E-state index in [4.69, 9.17) is 5.11 Å². The number of nitrogens with one attached hydrogen (secondary N) is 2. The van der Waals surface area contributed by atoms with Gasteiger partial charge in [0.1, 0.15) is 11.9 Å². The highest BCUT2D eigenvalue weighted by Crippen LogP contribution is 2.17. The van der Waals surface area contributed by atoms with E-state index in [1.165, 1.54) is 6.92 Å². The number of hydrogen-bond acceptors (Lipinski definition) is 4. The number of carbonyl (C=O) groups excluding carboxylic acids is 1. The molecule has 0 aliphatic rings. The lowest BCUT2D eigenvalue weighted by Crippen LogP contribution is -2.38. The number of aromatic nitrogens is 3. The van der Waals surface area contributed by atoms with Gasteiger partial charge in [-0.25, -0.2) is 4.98 Å². The maximum Gasteiger partial charge on any atom is 0.325 e. The molecule has 7 heteroatoms. The van der Waals surface area contributed by atoms with E-state index in [9.17, 15) is 9.59 Å². The number of aliphatic carboxylic acids is 1. The summed E-state index contributed by atoms with van der Waals surface area (Å²) in [7, 11) is 0. The fraction of sp³-hybridized carbons (Fsp3) is 0.600. The van der Waals surface area contributed by atoms with Crippen LogP contribution < -0.4 is 5.32 Å². The van der Waals surface area contributed by atoms with Crippen molar-refractivity contribution in [2.75, 3.05) is 0 Å². The van der Waals surface area contributed by atoms with E-state index in [-0.39, 0.29) is 11.2 Å². The van der Waals surface area contributed by atoms with Gasteiger partial charge in [-0.1, -0.05) is 20.8 Å². The second-order valence-corrected chi connectivity index (χ2v) is 4.79. The number of carboxylic acids is 1. The summed E-state index contributed by atoms with van der Waals surface area (Å²) in [6.45, 7) is 7.15. The average Bonchev–Trinajstić information content (AvgIpc) is 2.65. The Bertz CT molecular complexity index is 433. The van der Waals surface area contributed by atoms with Crippen molar-refractivity contribution in [3.63, 3.8) is 0 Å². The minimum Gasteiger partial charge on any atom is -0.480 e. The highest BCUT2D eigenvalue weighted by molar-refractivity contribution is 5.93. The fourth-order valence-corrected chi connectivity index (χ4v) is 1.02. The first-order valence-corrected chi connectivity index (χ1v) is 5.18. The van der Waals surface area contributed by atoms with Crippen molar-refractivity contribution in [1.29, 1.82) is 0 Å². The number of rotatable bonds is 3. The number of amides is 1. The van der Waals surface area contributed by atoms with E-state index in [0.29, 0.717) is 5.82 Å². The Labute approximate surface area is 98.6 Å². The molecule has 17 heavy (non-hydrogen) atoms. The van der Waals surface area contributed by atoms with E-state index in [2.05, 4.69) is 20.5 Å². The largest absolute Gasteiger partial charge is 0.480 e. The number of carboxylic acid groups (broad SMARTS) is 1. The molecule has 1 atom stereocenters. The van der Waals surface area contributed by atoms with Gasteiger partial charge < -0.3 is 10.4 Å². The molecule has 0 fully saturated rings. The third kappa shape index (κ3) is 3.27. The summed E-state index contributed by atoms with van der Waals surface area (Å²) < 4.78 is 0. The molecule has 0 saturated carbocycles. The van der Waals surface area contributed by atoms with E-state index in [0.717, 1.165) is 0 Å². The molecule has 0 bridgehead atoms. The predicted molar refractivity (Wildman–Crippen MR) is 59.6 cm³/mol. The first-order chi connectivity index (χ1) is 7.71. The van der Waals surface area contributed by atoms with Crippen LogP contribution in [0.25, 0.3) is 0 Å². The Balaban J connectivity index is 2.78. The molecule has 1 amide bonds. The predicted octanol–water partition coefficient (Wildman–Crippen LogP) is 0.305. The van der Waals surface area contributed by atoms with Crippen LogP contribution in [0.1, 0.15) is 44.1 Å². The Kier molecular flexibility index (Phi) is 3.50. The van der Waals surface area contributed by atoms with Gasteiger partial charge in [-0.05, 0) is 6.92 Å². The van der Waals surface area contributed by atoms with Crippen LogP contribution >= 0.6 is 0 Å². The molecule has 0 spiro atoms. The number of hydrogen-bond donors (Lipinski definition) is 3. The van der Waals surface area contributed by atoms with Crippen molar-refractivity contribution in [3.8, 4) is 0 Å². The summed E-state index contributed by atoms with van der Waals surface area (Å²) in [4.78, 5) is 26.2. The van der Waals surface area contributed by atoms with E-state index < -0.39 is 17.9 Å². The molecule has 1 rings (SSSR count). The minimum absolute atomic E-state index is 0.0528. The van der Waals surface area contributed by atoms with E-state index in [1.54, 1.807) is 0 Å². The monoisotopic (exact) mass is 240 g/mol. The Morgan fingerprint density at radius 3 is 2.41 bits per heavy atom. The molecule has 7 nitrogen and oxygen atoms in total. The first-order valence-electron chi connectivity index (χ1n) is 5.18. The summed E-state index contributed by atoms with van der Waals surface area (Å²) in [5.74, 6) is -1.19. The third-order valence-corrected chi connectivity index (χ3v) is 2.12. The van der Waals surface area contributed by atoms with Crippen LogP contribution in [0.2, 0.25) is 0 Å². The number of carbonyl (C=O) groups is 2. The normalized spacial score (nSPS) is 13.2. The van der Waals surface area contributed by atoms with Gasteiger partial charge in [0.25, 0.3) is 5.91 Å². The molecule has 1 heterocycles. The molecule has 0 aromatic carbocycles. The van der Waals surface area contributed by atoms with Crippen molar-refractivity contribution in [2.24, 2.45) is 0 Å². The lowest BCUT2D eigenvalue weighted by atomic mass is 9.96. The van der Waals surface area contributed by atoms with Crippen LogP contribution in [0, 0.1) is 0 Å². The van der Waals surface area contributed by atoms with Crippen molar-refractivity contribution in [2.45, 2.75) is 39.2 Å². The summed E-state index contributed by atoms with van der Waals surface area (Å²) in [5.41, 5.74) is -0.246. The molecule has 1 aromatic rings. The Morgan fingerprint density at radius 2 is 2.00 bits per heavy atom. The van der Waals surface area contributed by atoms with Gasteiger partial charge >= 0.3 is 5.97 Å². The van der Waals surface area contributed by atoms with Crippen molar-refractivity contribution >= 4 is 11.9 Å². The molecule has 0 aliphatic carbocycles. The fourth-order valence-electron chi connectivity index (χ4n) is 1.02. The van der Waals surface area contributed by atoms with E-state index >= 15 is 0 Å². The van der Waals surface area contributed by atoms with Crippen LogP contribution in [0.3, 0.4) is 0 Å². The highest BCUT2D eigenvalue weighted by Gasteiger charge is 2.23. The van der Waals surface area contributed by atoms with Gasteiger partial charge in [-0.3, -0.25) is 14.7 Å². The lowest BCUT2D eigenvalue weighted by Gasteiger charge is -2.12. The molecular weight excluding hydrogens is 224 g/mol. The first kappa shape index (κ1) is 13.1. The topological polar surface area (TPSA) is 108 Å². The van der Waals surface area contributed by atoms with Crippen LogP contribution in [-0.4, -0.2) is 38.2 Å². The molecular formula is C10H16N4O3. The maximum atomic E-state index is 11.6. The van der Waals surface area contributed by atoms with Gasteiger partial charge in [-0.2, -0.15) is 0 Å². The van der Waals surface area contributed by atoms with E-state index in [1.807, 2.05) is 20.8 Å². The highest BCUT2D eigenvalue weighted by atomic mass is 16.4. The average molecular weight is 240 g/mol.